The molecule has 0 bridgehead atoms. The second-order valence-corrected chi connectivity index (χ2v) is 6.72. The van der Waals surface area contributed by atoms with Gasteiger partial charge in [-0.3, -0.25) is 4.90 Å². The first-order chi connectivity index (χ1) is 13.8. The molecule has 0 radical (unpaired) electrons. The van der Waals surface area contributed by atoms with Crippen LogP contribution < -0.4 is 14.8 Å². The summed E-state index contributed by atoms with van der Waals surface area (Å²) < 4.78 is 21.7. The molecular formula is C21H24N2O5. The molecule has 2 heterocycles. The molecule has 1 fully saturated rings. The number of nitrogens with one attached hydrogen (secondary N) is 1. The molecule has 1 atom stereocenters. The highest BCUT2D eigenvalue weighted by molar-refractivity contribution is 5.67. The van der Waals surface area contributed by atoms with Crippen LogP contribution in [0.5, 0.6) is 11.5 Å². The van der Waals surface area contributed by atoms with Crippen molar-refractivity contribution in [3.63, 3.8) is 0 Å². The standard InChI is InChI=1S/C21H24N2O5/c24-21(26-14-16-4-2-1-3-5-16)22-13-18(23-8-10-25-11-9-23)17-6-7-19-20(12-17)28-15-27-19/h1-7,12,18H,8-11,13-15H2,(H,22,24)/t18-/m0/s1. The number of amides is 1. The smallest absolute Gasteiger partial charge is 0.407 e. The van der Waals surface area contributed by atoms with Crippen LogP contribution in [0.2, 0.25) is 0 Å². The summed E-state index contributed by atoms with van der Waals surface area (Å²) in [6.07, 6.45) is -0.428. The number of carbonyl (C=O) groups excluding carboxylic acids is 1. The lowest BCUT2D eigenvalue weighted by atomic mass is 10.0. The van der Waals surface area contributed by atoms with Crippen LogP contribution in [0.3, 0.4) is 0 Å². The lowest BCUT2D eigenvalue weighted by Gasteiger charge is -2.34. The van der Waals surface area contributed by atoms with Crippen LogP contribution in [0.15, 0.2) is 48.5 Å². The van der Waals surface area contributed by atoms with Crippen LogP contribution in [0, 0.1) is 0 Å². The van der Waals surface area contributed by atoms with Gasteiger partial charge in [-0.05, 0) is 23.3 Å². The molecule has 4 rings (SSSR count). The lowest BCUT2D eigenvalue weighted by Crippen LogP contribution is -2.43. The number of ether oxygens (including phenoxy) is 4. The molecule has 1 amide bonds. The van der Waals surface area contributed by atoms with E-state index in [9.17, 15) is 4.79 Å². The molecule has 1 saturated heterocycles. The van der Waals surface area contributed by atoms with Crippen molar-refractivity contribution in [2.75, 3.05) is 39.6 Å². The minimum atomic E-state index is -0.428. The van der Waals surface area contributed by atoms with Crippen LogP contribution in [0.1, 0.15) is 17.2 Å². The minimum absolute atomic E-state index is 0.00248. The van der Waals surface area contributed by atoms with Crippen LogP contribution in [-0.4, -0.2) is 50.6 Å². The Morgan fingerprint density at radius 3 is 2.68 bits per heavy atom. The van der Waals surface area contributed by atoms with Crippen molar-refractivity contribution in [2.45, 2.75) is 12.6 Å². The maximum absolute atomic E-state index is 12.2. The number of alkyl carbamates (subject to hydrolysis) is 1. The molecule has 148 valence electrons. The molecular weight excluding hydrogens is 360 g/mol. The minimum Gasteiger partial charge on any atom is -0.454 e. The highest BCUT2D eigenvalue weighted by Gasteiger charge is 2.25. The number of rotatable bonds is 6. The Morgan fingerprint density at radius 2 is 1.86 bits per heavy atom. The lowest BCUT2D eigenvalue weighted by molar-refractivity contribution is 0.0159. The zero-order chi connectivity index (χ0) is 19.2. The molecule has 1 N–H and O–H groups in total. The average Bonchev–Trinajstić information content (AvgIpc) is 3.22. The fourth-order valence-corrected chi connectivity index (χ4v) is 3.42. The van der Waals surface area contributed by atoms with Crippen LogP contribution >= 0.6 is 0 Å². The SMILES string of the molecule is O=C(NC[C@@H](c1ccc2c(c1)OCO2)N1CCOCC1)OCc1ccccc1. The Balaban J connectivity index is 1.40. The number of hydrogen-bond acceptors (Lipinski definition) is 6. The molecule has 0 saturated carbocycles. The predicted octanol–water partition coefficient (Wildman–Crippen LogP) is 2.72. The maximum atomic E-state index is 12.2. The molecule has 2 aromatic carbocycles. The first kappa shape index (κ1) is 18.6. The average molecular weight is 384 g/mol. The second-order valence-electron chi connectivity index (χ2n) is 6.72. The van der Waals surface area contributed by atoms with Gasteiger partial charge in [0.25, 0.3) is 0 Å². The summed E-state index contributed by atoms with van der Waals surface area (Å²) in [5, 5.41) is 2.90. The molecule has 0 aliphatic carbocycles. The molecule has 0 aromatic heterocycles. The largest absolute Gasteiger partial charge is 0.454 e. The van der Waals surface area contributed by atoms with Gasteiger partial charge >= 0.3 is 6.09 Å². The Bertz CT molecular complexity index is 793. The van der Waals surface area contributed by atoms with Gasteiger partial charge in [0, 0.05) is 19.6 Å². The van der Waals surface area contributed by atoms with E-state index in [2.05, 4.69) is 10.2 Å². The number of morpholine rings is 1. The van der Waals surface area contributed by atoms with E-state index in [-0.39, 0.29) is 19.4 Å². The van der Waals surface area contributed by atoms with E-state index in [0.717, 1.165) is 35.7 Å². The normalized spacial score (nSPS) is 17.1. The summed E-state index contributed by atoms with van der Waals surface area (Å²) in [7, 11) is 0. The fourth-order valence-electron chi connectivity index (χ4n) is 3.42. The van der Waals surface area contributed by atoms with Gasteiger partial charge in [-0.25, -0.2) is 4.79 Å². The first-order valence-corrected chi connectivity index (χ1v) is 9.45. The van der Waals surface area contributed by atoms with Gasteiger partial charge in [-0.15, -0.1) is 0 Å². The van der Waals surface area contributed by atoms with Gasteiger partial charge in [0.05, 0.1) is 19.3 Å². The highest BCUT2D eigenvalue weighted by atomic mass is 16.7. The Labute approximate surface area is 164 Å². The van der Waals surface area contributed by atoms with Crippen LogP contribution in [-0.2, 0) is 16.1 Å². The van der Waals surface area contributed by atoms with Crippen molar-refractivity contribution in [3.8, 4) is 11.5 Å². The molecule has 2 aliphatic heterocycles. The van der Waals surface area contributed by atoms with Crippen molar-refractivity contribution in [2.24, 2.45) is 0 Å². The molecule has 7 heteroatoms. The quantitative estimate of drug-likeness (QED) is 0.826. The monoisotopic (exact) mass is 384 g/mol. The first-order valence-electron chi connectivity index (χ1n) is 9.45. The number of fused-ring (bicyclic) bond motifs is 1. The summed E-state index contributed by atoms with van der Waals surface area (Å²) in [6.45, 7) is 3.90. The molecule has 0 unspecified atom stereocenters. The van der Waals surface area contributed by atoms with Gasteiger partial charge in [0.1, 0.15) is 6.61 Å². The summed E-state index contributed by atoms with van der Waals surface area (Å²) in [5.41, 5.74) is 2.02. The third kappa shape index (κ3) is 4.55. The third-order valence-electron chi connectivity index (χ3n) is 4.92. The van der Waals surface area contributed by atoms with Gasteiger partial charge in [0.2, 0.25) is 6.79 Å². The number of nitrogens with zero attached hydrogens (tertiary/aromatic N) is 1. The Hall–Kier alpha value is -2.77. The molecule has 0 spiro atoms. The summed E-state index contributed by atoms with van der Waals surface area (Å²) >= 11 is 0. The van der Waals surface area contributed by atoms with Crippen molar-refractivity contribution in [1.82, 2.24) is 10.2 Å². The number of carbonyl (C=O) groups is 1. The maximum Gasteiger partial charge on any atom is 0.407 e. The van der Waals surface area contributed by atoms with Gasteiger partial charge < -0.3 is 24.3 Å². The van der Waals surface area contributed by atoms with E-state index in [1.54, 1.807) is 0 Å². The van der Waals surface area contributed by atoms with E-state index in [1.165, 1.54) is 0 Å². The van der Waals surface area contributed by atoms with Crippen molar-refractivity contribution in [3.05, 3.63) is 59.7 Å². The zero-order valence-electron chi connectivity index (χ0n) is 15.6. The van der Waals surface area contributed by atoms with Crippen molar-refractivity contribution in [1.29, 1.82) is 0 Å². The van der Waals surface area contributed by atoms with Gasteiger partial charge in [-0.1, -0.05) is 36.4 Å². The van der Waals surface area contributed by atoms with E-state index in [0.29, 0.717) is 19.8 Å². The second kappa shape index (κ2) is 8.95. The van der Waals surface area contributed by atoms with Crippen molar-refractivity contribution >= 4 is 6.09 Å². The topological polar surface area (TPSA) is 69.3 Å². The molecule has 7 nitrogen and oxygen atoms in total. The van der Waals surface area contributed by atoms with Crippen LogP contribution in [0.4, 0.5) is 4.79 Å². The van der Waals surface area contributed by atoms with E-state index in [1.807, 2.05) is 48.5 Å². The van der Waals surface area contributed by atoms with Crippen LogP contribution in [0.25, 0.3) is 0 Å². The summed E-state index contributed by atoms with van der Waals surface area (Å²) in [6, 6.07) is 15.6. The summed E-state index contributed by atoms with van der Waals surface area (Å²) in [5.74, 6) is 1.49. The zero-order valence-corrected chi connectivity index (χ0v) is 15.6. The third-order valence-corrected chi connectivity index (χ3v) is 4.92. The highest BCUT2D eigenvalue weighted by Crippen LogP contribution is 2.35. The summed E-state index contributed by atoms with van der Waals surface area (Å²) in [4.78, 5) is 14.5. The number of benzene rings is 2. The molecule has 2 aliphatic rings. The van der Waals surface area contributed by atoms with E-state index in [4.69, 9.17) is 18.9 Å². The van der Waals surface area contributed by atoms with Gasteiger partial charge in [0.15, 0.2) is 11.5 Å². The van der Waals surface area contributed by atoms with Gasteiger partial charge in [-0.2, -0.15) is 0 Å². The van der Waals surface area contributed by atoms with E-state index >= 15 is 0 Å². The Morgan fingerprint density at radius 1 is 1.07 bits per heavy atom. The number of hydrogen-bond donors (Lipinski definition) is 1. The predicted molar refractivity (Wildman–Crippen MR) is 102 cm³/mol. The Kier molecular flexibility index (Phi) is 5.94. The molecule has 28 heavy (non-hydrogen) atoms. The van der Waals surface area contributed by atoms with Crippen molar-refractivity contribution < 1.29 is 23.7 Å². The van der Waals surface area contributed by atoms with E-state index < -0.39 is 6.09 Å². The molecule has 2 aromatic rings. The fraction of sp³-hybridized carbons (Fsp3) is 0.381.